The van der Waals surface area contributed by atoms with Crippen molar-refractivity contribution < 1.29 is 4.42 Å². The van der Waals surface area contributed by atoms with E-state index in [1.165, 1.54) is 5.56 Å². The molecular weight excluding hydrogens is 226 g/mol. The number of benzene rings is 1. The number of unbranched alkanes of at least 4 members (excludes halogenated alkanes) is 1. The Kier molecular flexibility index (Phi) is 4.73. The third kappa shape index (κ3) is 3.55. The summed E-state index contributed by atoms with van der Waals surface area (Å²) in [5.74, 6) is 0.724. The van der Waals surface area contributed by atoms with Crippen LogP contribution in [0.2, 0.25) is 0 Å². The van der Waals surface area contributed by atoms with E-state index in [2.05, 4.69) is 22.4 Å². The molecule has 0 saturated heterocycles. The van der Waals surface area contributed by atoms with Crippen LogP contribution >= 0.6 is 0 Å². The van der Waals surface area contributed by atoms with Gasteiger partial charge < -0.3 is 15.5 Å². The lowest BCUT2D eigenvalue weighted by Gasteiger charge is -2.04. The van der Waals surface area contributed by atoms with Crippen molar-refractivity contribution in [3.05, 3.63) is 29.7 Å². The highest BCUT2D eigenvalue weighted by Crippen LogP contribution is 2.16. The molecule has 1 aromatic heterocycles. The van der Waals surface area contributed by atoms with Gasteiger partial charge in [-0.05, 0) is 56.6 Å². The van der Waals surface area contributed by atoms with Gasteiger partial charge >= 0.3 is 0 Å². The lowest BCUT2D eigenvalue weighted by atomic mass is 10.1. The molecule has 0 fully saturated rings. The number of nitrogens with zero attached hydrogens (tertiary/aromatic N) is 1. The van der Waals surface area contributed by atoms with E-state index in [0.717, 1.165) is 55.9 Å². The minimum atomic E-state index is 0.724. The van der Waals surface area contributed by atoms with Gasteiger partial charge in [-0.15, -0.1) is 0 Å². The lowest BCUT2D eigenvalue weighted by molar-refractivity contribution is 0.561. The van der Waals surface area contributed by atoms with Crippen molar-refractivity contribution in [1.82, 2.24) is 10.3 Å². The van der Waals surface area contributed by atoms with Crippen molar-refractivity contribution in [1.29, 1.82) is 0 Å². The van der Waals surface area contributed by atoms with Gasteiger partial charge in [0.1, 0.15) is 5.52 Å². The zero-order valence-electron chi connectivity index (χ0n) is 10.9. The van der Waals surface area contributed by atoms with Gasteiger partial charge in [-0.3, -0.25) is 0 Å². The number of nitrogens with one attached hydrogen (secondary N) is 1. The summed E-state index contributed by atoms with van der Waals surface area (Å²) >= 11 is 0. The number of nitrogens with two attached hydrogens (primary N) is 1. The van der Waals surface area contributed by atoms with E-state index >= 15 is 0 Å². The molecule has 0 aliphatic rings. The Hall–Kier alpha value is -1.39. The number of hydrogen-bond acceptors (Lipinski definition) is 4. The Labute approximate surface area is 108 Å². The van der Waals surface area contributed by atoms with Crippen molar-refractivity contribution in [3.63, 3.8) is 0 Å². The molecule has 0 aliphatic heterocycles. The minimum Gasteiger partial charge on any atom is -0.441 e. The van der Waals surface area contributed by atoms with Crippen LogP contribution in [-0.4, -0.2) is 24.6 Å². The molecule has 1 aromatic carbocycles. The summed E-state index contributed by atoms with van der Waals surface area (Å²) in [7, 11) is 0. The van der Waals surface area contributed by atoms with Crippen LogP contribution in [-0.2, 0) is 6.42 Å². The van der Waals surface area contributed by atoms with E-state index in [0.29, 0.717) is 0 Å². The maximum atomic E-state index is 5.45. The Bertz CT molecular complexity index is 493. The van der Waals surface area contributed by atoms with Gasteiger partial charge in [-0.25, -0.2) is 4.98 Å². The molecule has 3 N–H and O–H groups in total. The van der Waals surface area contributed by atoms with Crippen LogP contribution in [0.1, 0.15) is 24.3 Å². The van der Waals surface area contributed by atoms with E-state index < -0.39 is 0 Å². The van der Waals surface area contributed by atoms with Gasteiger partial charge in [-0.2, -0.15) is 0 Å². The van der Waals surface area contributed by atoms with Crippen molar-refractivity contribution in [2.75, 3.05) is 19.6 Å². The predicted molar refractivity (Wildman–Crippen MR) is 73.6 cm³/mol. The Morgan fingerprint density at radius 2 is 2.17 bits per heavy atom. The van der Waals surface area contributed by atoms with E-state index in [9.17, 15) is 0 Å². The van der Waals surface area contributed by atoms with Gasteiger partial charge in [0.2, 0.25) is 0 Å². The Morgan fingerprint density at radius 1 is 1.28 bits per heavy atom. The van der Waals surface area contributed by atoms with E-state index in [1.54, 1.807) is 0 Å². The average Bonchev–Trinajstić information content (AvgIpc) is 2.73. The molecule has 0 bridgehead atoms. The lowest BCUT2D eigenvalue weighted by Crippen LogP contribution is -2.19. The standard InChI is InChI=1S/C14H21N3O/c1-11-17-13-10-12(4-5-14(13)18-11)6-9-16-8-3-2-7-15/h4-5,10,16H,2-3,6-9,15H2,1H3. The summed E-state index contributed by atoms with van der Waals surface area (Å²) in [5.41, 5.74) is 8.56. The number of fused-ring (bicyclic) bond motifs is 1. The molecule has 98 valence electrons. The largest absolute Gasteiger partial charge is 0.441 e. The Balaban J connectivity index is 1.80. The third-order valence-corrected chi connectivity index (χ3v) is 2.96. The highest BCUT2D eigenvalue weighted by atomic mass is 16.3. The second-order valence-electron chi connectivity index (χ2n) is 4.53. The van der Waals surface area contributed by atoms with E-state index in [-0.39, 0.29) is 0 Å². The van der Waals surface area contributed by atoms with Gasteiger partial charge in [0.05, 0.1) is 0 Å². The number of hydrogen-bond donors (Lipinski definition) is 2. The quantitative estimate of drug-likeness (QED) is 0.735. The van der Waals surface area contributed by atoms with E-state index in [4.69, 9.17) is 10.2 Å². The second kappa shape index (κ2) is 6.52. The van der Waals surface area contributed by atoms with Crippen LogP contribution in [0.15, 0.2) is 22.6 Å². The molecule has 2 rings (SSSR count). The van der Waals surface area contributed by atoms with Crippen molar-refractivity contribution in [2.45, 2.75) is 26.2 Å². The number of rotatable bonds is 7. The van der Waals surface area contributed by atoms with E-state index in [1.807, 2.05) is 13.0 Å². The fourth-order valence-corrected chi connectivity index (χ4v) is 2.00. The molecule has 4 nitrogen and oxygen atoms in total. The summed E-state index contributed by atoms with van der Waals surface area (Å²) in [5, 5.41) is 3.42. The Morgan fingerprint density at radius 3 is 3.00 bits per heavy atom. The van der Waals surface area contributed by atoms with Crippen LogP contribution < -0.4 is 11.1 Å². The number of aromatic nitrogens is 1. The second-order valence-corrected chi connectivity index (χ2v) is 4.53. The smallest absolute Gasteiger partial charge is 0.192 e. The summed E-state index contributed by atoms with van der Waals surface area (Å²) in [6, 6.07) is 6.21. The third-order valence-electron chi connectivity index (χ3n) is 2.96. The molecule has 2 aromatic rings. The van der Waals surface area contributed by atoms with Gasteiger partial charge in [0.25, 0.3) is 0 Å². The molecule has 0 amide bonds. The van der Waals surface area contributed by atoms with Crippen LogP contribution in [0.4, 0.5) is 0 Å². The first-order chi connectivity index (χ1) is 8.79. The molecule has 0 saturated carbocycles. The maximum absolute atomic E-state index is 5.45. The number of oxazole rings is 1. The SMILES string of the molecule is Cc1nc2cc(CCNCCCCN)ccc2o1. The molecule has 0 aliphatic carbocycles. The fourth-order valence-electron chi connectivity index (χ4n) is 2.00. The molecule has 0 radical (unpaired) electrons. The molecule has 0 spiro atoms. The van der Waals surface area contributed by atoms with Gasteiger partial charge in [0.15, 0.2) is 11.5 Å². The first-order valence-electron chi connectivity index (χ1n) is 6.56. The van der Waals surface area contributed by atoms with Gasteiger partial charge in [-0.1, -0.05) is 6.07 Å². The van der Waals surface area contributed by atoms with Crippen LogP contribution in [0.3, 0.4) is 0 Å². The molecular formula is C14H21N3O. The van der Waals surface area contributed by atoms with Gasteiger partial charge in [0, 0.05) is 6.92 Å². The van der Waals surface area contributed by atoms with Crippen LogP contribution in [0, 0.1) is 6.92 Å². The molecule has 0 unspecified atom stereocenters. The summed E-state index contributed by atoms with van der Waals surface area (Å²) in [4.78, 5) is 4.34. The van der Waals surface area contributed by atoms with Crippen LogP contribution in [0.5, 0.6) is 0 Å². The van der Waals surface area contributed by atoms with Crippen molar-refractivity contribution in [2.24, 2.45) is 5.73 Å². The predicted octanol–water partition coefficient (Wildman–Crippen LogP) is 2.01. The topological polar surface area (TPSA) is 64.1 Å². The van der Waals surface area contributed by atoms with Crippen LogP contribution in [0.25, 0.3) is 11.1 Å². The average molecular weight is 247 g/mol. The normalized spacial score (nSPS) is 11.2. The first-order valence-corrected chi connectivity index (χ1v) is 6.56. The highest BCUT2D eigenvalue weighted by molar-refractivity contribution is 5.73. The highest BCUT2D eigenvalue weighted by Gasteiger charge is 2.02. The van der Waals surface area contributed by atoms with Crippen molar-refractivity contribution in [3.8, 4) is 0 Å². The maximum Gasteiger partial charge on any atom is 0.192 e. The monoisotopic (exact) mass is 247 g/mol. The fraction of sp³-hybridized carbons (Fsp3) is 0.500. The first kappa shape index (κ1) is 13.1. The summed E-state index contributed by atoms with van der Waals surface area (Å²) < 4.78 is 5.45. The van der Waals surface area contributed by atoms with Crippen molar-refractivity contribution >= 4 is 11.1 Å². The summed E-state index contributed by atoms with van der Waals surface area (Å²) in [6.07, 6.45) is 3.26. The molecule has 4 heteroatoms. The molecule has 18 heavy (non-hydrogen) atoms. The minimum absolute atomic E-state index is 0.724. The zero-order chi connectivity index (χ0) is 12.8. The molecule has 0 atom stereocenters. The molecule has 1 heterocycles. The summed E-state index contributed by atoms with van der Waals surface area (Å²) in [6.45, 7) is 4.69. The number of aryl methyl sites for hydroxylation is 1. The zero-order valence-corrected chi connectivity index (χ0v) is 10.9.